The molecule has 1 atom stereocenters. The van der Waals surface area contributed by atoms with Gasteiger partial charge in [-0.15, -0.1) is 0 Å². The van der Waals surface area contributed by atoms with E-state index in [1.165, 1.54) is 0 Å². The molecule has 1 unspecified atom stereocenters. The number of nitrogens with zero attached hydrogens (tertiary/aromatic N) is 4. The topological polar surface area (TPSA) is 84.7 Å². The van der Waals surface area contributed by atoms with Crippen LogP contribution in [0.15, 0.2) is 12.4 Å². The Morgan fingerprint density at radius 3 is 2.54 bits per heavy atom. The van der Waals surface area contributed by atoms with Gasteiger partial charge in [0.15, 0.2) is 6.10 Å². The number of hydrogen-bond acceptors (Lipinski definition) is 5. The zero-order chi connectivity index (χ0) is 20.5. The second-order valence-electron chi connectivity index (χ2n) is 8.09. The van der Waals surface area contributed by atoms with Crippen LogP contribution < -0.4 is 0 Å². The molecule has 1 fully saturated rings. The molecule has 2 aliphatic heterocycles. The van der Waals surface area contributed by atoms with Gasteiger partial charge < -0.3 is 14.2 Å². The molecule has 0 aliphatic carbocycles. The summed E-state index contributed by atoms with van der Waals surface area (Å²) in [6.07, 6.45) is 4.05. The molecule has 0 radical (unpaired) electrons. The fourth-order valence-corrected chi connectivity index (χ4v) is 6.05. The van der Waals surface area contributed by atoms with Crippen LogP contribution in [0.3, 0.4) is 0 Å². The maximum atomic E-state index is 12.9. The van der Waals surface area contributed by atoms with Gasteiger partial charge in [-0.1, -0.05) is 13.8 Å². The average Bonchev–Trinajstić information content (AvgIpc) is 3.11. The summed E-state index contributed by atoms with van der Waals surface area (Å²) >= 11 is 0. The van der Waals surface area contributed by atoms with Crippen LogP contribution in [0.1, 0.15) is 46.4 Å². The number of hydrogen-bond donors (Lipinski definition) is 0. The van der Waals surface area contributed by atoms with E-state index >= 15 is 0 Å². The normalized spacial score (nSPS) is 22.4. The molecular weight excluding hydrogens is 380 g/mol. The molecule has 9 heteroatoms. The lowest BCUT2D eigenvalue weighted by Crippen LogP contribution is -2.55. The molecule has 0 aromatic carbocycles. The van der Waals surface area contributed by atoms with Crippen LogP contribution in [0.4, 0.5) is 0 Å². The second-order valence-corrected chi connectivity index (χ2v) is 10.1. The molecule has 28 heavy (non-hydrogen) atoms. The fraction of sp³-hybridized carbons (Fsp3) is 0.789. The van der Waals surface area contributed by atoms with Crippen molar-refractivity contribution < 1.29 is 17.9 Å². The zero-order valence-electron chi connectivity index (χ0n) is 17.3. The largest absolute Gasteiger partial charge is 0.352 e. The molecule has 1 aromatic heterocycles. The van der Waals surface area contributed by atoms with Crippen molar-refractivity contribution in [1.29, 1.82) is 0 Å². The summed E-state index contributed by atoms with van der Waals surface area (Å²) in [5.41, 5.74) is -0.709. The summed E-state index contributed by atoms with van der Waals surface area (Å²) in [7, 11) is -3.28. The van der Waals surface area contributed by atoms with E-state index in [-0.39, 0.29) is 17.6 Å². The smallest absolute Gasteiger partial charge is 0.253 e. The van der Waals surface area contributed by atoms with Gasteiger partial charge in [0.25, 0.3) is 5.91 Å². The number of likely N-dealkylation sites (N-methyl/N-ethyl adjacent to an activating group) is 1. The first-order valence-corrected chi connectivity index (χ1v) is 11.8. The number of carbonyl (C=O) groups excluding carboxylic acids is 1. The molecular formula is C19H32N4O4S. The summed E-state index contributed by atoms with van der Waals surface area (Å²) in [4.78, 5) is 19.2. The first kappa shape index (κ1) is 21.3. The van der Waals surface area contributed by atoms with Crippen LogP contribution in [0.5, 0.6) is 0 Å². The number of amides is 1. The number of sulfonamides is 1. The van der Waals surface area contributed by atoms with Crippen molar-refractivity contribution in [3.05, 3.63) is 18.2 Å². The standard InChI is InChI=1S/C19H32N4O4S/c1-5-21(6-2)17(24)16-13-22-12-9-20-18(22)19(27-16)7-10-23(11-8-19)28(25,26)14-15(3)4/h9,12,15-16H,5-8,10-11,13-14H2,1-4H3. The van der Waals surface area contributed by atoms with Gasteiger partial charge in [0.1, 0.15) is 11.4 Å². The quantitative estimate of drug-likeness (QED) is 0.706. The molecule has 0 N–H and O–H groups in total. The van der Waals surface area contributed by atoms with Crippen LogP contribution in [0.25, 0.3) is 0 Å². The molecule has 3 rings (SSSR count). The molecule has 8 nitrogen and oxygen atoms in total. The zero-order valence-corrected chi connectivity index (χ0v) is 18.1. The summed E-state index contributed by atoms with van der Waals surface area (Å²) in [5, 5.41) is 0. The Bertz CT molecular complexity index is 793. The highest BCUT2D eigenvalue weighted by molar-refractivity contribution is 7.89. The Morgan fingerprint density at radius 2 is 1.96 bits per heavy atom. The fourth-order valence-electron chi connectivity index (χ4n) is 4.26. The van der Waals surface area contributed by atoms with Gasteiger partial charge in [-0.2, -0.15) is 0 Å². The highest BCUT2D eigenvalue weighted by Gasteiger charge is 2.48. The minimum absolute atomic E-state index is 0.0152. The number of piperidine rings is 1. The molecule has 0 saturated carbocycles. The Labute approximate surface area is 167 Å². The van der Waals surface area contributed by atoms with Crippen molar-refractivity contribution in [2.75, 3.05) is 31.9 Å². The molecule has 0 bridgehead atoms. The van der Waals surface area contributed by atoms with E-state index in [4.69, 9.17) is 4.74 Å². The predicted octanol–water partition coefficient (Wildman–Crippen LogP) is 1.43. The number of ether oxygens (including phenoxy) is 1. The number of fused-ring (bicyclic) bond motifs is 2. The van der Waals surface area contributed by atoms with E-state index in [1.807, 2.05) is 38.5 Å². The first-order valence-electron chi connectivity index (χ1n) is 10.2. The van der Waals surface area contributed by atoms with Crippen LogP contribution in [-0.2, 0) is 31.7 Å². The summed E-state index contributed by atoms with van der Waals surface area (Å²) in [6, 6.07) is 0. The van der Waals surface area contributed by atoms with Crippen molar-refractivity contribution in [3.63, 3.8) is 0 Å². The van der Waals surface area contributed by atoms with E-state index in [1.54, 1.807) is 15.4 Å². The van der Waals surface area contributed by atoms with Crippen LogP contribution in [-0.4, -0.2) is 71.1 Å². The van der Waals surface area contributed by atoms with E-state index in [0.717, 1.165) is 5.82 Å². The van der Waals surface area contributed by atoms with Gasteiger partial charge in [-0.25, -0.2) is 17.7 Å². The van der Waals surface area contributed by atoms with Crippen LogP contribution >= 0.6 is 0 Å². The third-order valence-electron chi connectivity index (χ3n) is 5.67. The maximum Gasteiger partial charge on any atom is 0.253 e. The van der Waals surface area contributed by atoms with Gasteiger partial charge in [0.2, 0.25) is 10.0 Å². The third-order valence-corrected chi connectivity index (χ3v) is 7.91. The van der Waals surface area contributed by atoms with Crippen molar-refractivity contribution >= 4 is 15.9 Å². The first-order chi connectivity index (χ1) is 13.2. The highest BCUT2D eigenvalue weighted by Crippen LogP contribution is 2.41. The Morgan fingerprint density at radius 1 is 1.32 bits per heavy atom. The average molecular weight is 413 g/mol. The number of aromatic nitrogens is 2. The Kier molecular flexibility index (Phi) is 6.17. The molecule has 3 heterocycles. The summed E-state index contributed by atoms with van der Waals surface area (Å²) in [5.74, 6) is 1.02. The molecule has 2 aliphatic rings. The minimum atomic E-state index is -3.28. The van der Waals surface area contributed by atoms with Gasteiger partial charge >= 0.3 is 0 Å². The van der Waals surface area contributed by atoms with E-state index in [2.05, 4.69) is 4.98 Å². The molecule has 1 aromatic rings. The highest BCUT2D eigenvalue weighted by atomic mass is 32.2. The molecule has 158 valence electrons. The molecule has 1 amide bonds. The number of rotatable bonds is 6. The van der Waals surface area contributed by atoms with Crippen molar-refractivity contribution in [2.24, 2.45) is 5.92 Å². The summed E-state index contributed by atoms with van der Waals surface area (Å²) < 4.78 is 35.2. The number of imidazole rings is 1. The number of carbonyl (C=O) groups is 1. The van der Waals surface area contributed by atoms with E-state index in [0.29, 0.717) is 45.6 Å². The second kappa shape index (κ2) is 8.12. The molecule has 1 spiro atoms. The Hall–Kier alpha value is -1.45. The van der Waals surface area contributed by atoms with Crippen molar-refractivity contribution in [3.8, 4) is 0 Å². The lowest BCUT2D eigenvalue weighted by molar-refractivity contribution is -0.178. The predicted molar refractivity (Wildman–Crippen MR) is 106 cm³/mol. The minimum Gasteiger partial charge on any atom is -0.352 e. The van der Waals surface area contributed by atoms with E-state index < -0.39 is 21.7 Å². The van der Waals surface area contributed by atoms with E-state index in [9.17, 15) is 13.2 Å². The van der Waals surface area contributed by atoms with Gasteiger partial charge in [0, 0.05) is 38.6 Å². The lowest BCUT2D eigenvalue weighted by Gasteiger charge is -2.45. The lowest BCUT2D eigenvalue weighted by atomic mass is 9.89. The van der Waals surface area contributed by atoms with Gasteiger partial charge in [-0.3, -0.25) is 4.79 Å². The van der Waals surface area contributed by atoms with Crippen molar-refractivity contribution in [2.45, 2.75) is 58.8 Å². The monoisotopic (exact) mass is 412 g/mol. The summed E-state index contributed by atoms with van der Waals surface area (Å²) in [6.45, 7) is 10.2. The SMILES string of the molecule is CCN(CC)C(=O)C1Cn2ccnc2C2(CCN(S(=O)(=O)CC(C)C)CC2)O1. The van der Waals surface area contributed by atoms with Crippen LogP contribution in [0, 0.1) is 5.92 Å². The van der Waals surface area contributed by atoms with Crippen molar-refractivity contribution in [1.82, 2.24) is 18.8 Å². The third kappa shape index (κ3) is 3.97. The van der Waals surface area contributed by atoms with Gasteiger partial charge in [0.05, 0.1) is 12.3 Å². The van der Waals surface area contributed by atoms with Crippen LogP contribution in [0.2, 0.25) is 0 Å². The Balaban J connectivity index is 1.81. The maximum absolute atomic E-state index is 12.9. The molecule has 1 saturated heterocycles. The van der Waals surface area contributed by atoms with Gasteiger partial charge in [-0.05, 0) is 32.6 Å².